The summed E-state index contributed by atoms with van der Waals surface area (Å²) < 4.78 is 37.8. The number of aliphatic imine (C=N–C) groups is 1. The standard InChI is InChI=1S/C12H11F3N2OS/c1-16-11(18)6-10(17-7-19)8-3-2-4-9(5-8)12(13,14)15/h2-5,10H,6H2,1H3,(H,16,18). The van der Waals surface area contributed by atoms with Crippen molar-refractivity contribution in [2.24, 2.45) is 4.99 Å². The van der Waals surface area contributed by atoms with E-state index in [-0.39, 0.29) is 17.9 Å². The Morgan fingerprint density at radius 1 is 1.53 bits per heavy atom. The van der Waals surface area contributed by atoms with E-state index in [0.717, 1.165) is 12.1 Å². The lowest BCUT2D eigenvalue weighted by molar-refractivity contribution is -0.137. The van der Waals surface area contributed by atoms with Gasteiger partial charge in [-0.2, -0.15) is 13.2 Å². The summed E-state index contributed by atoms with van der Waals surface area (Å²) in [6, 6.07) is 3.90. The van der Waals surface area contributed by atoms with Gasteiger partial charge in [0.05, 0.1) is 23.2 Å². The van der Waals surface area contributed by atoms with Crippen LogP contribution in [0.2, 0.25) is 0 Å². The summed E-state index contributed by atoms with van der Waals surface area (Å²) in [5, 5.41) is 4.49. The molecule has 0 radical (unpaired) electrons. The van der Waals surface area contributed by atoms with Gasteiger partial charge in [0.1, 0.15) is 0 Å². The summed E-state index contributed by atoms with van der Waals surface area (Å²) in [7, 11) is 1.44. The lowest BCUT2D eigenvalue weighted by Gasteiger charge is -2.13. The highest BCUT2D eigenvalue weighted by atomic mass is 32.1. The van der Waals surface area contributed by atoms with Gasteiger partial charge < -0.3 is 5.32 Å². The summed E-state index contributed by atoms with van der Waals surface area (Å²) in [6.07, 6.45) is -4.52. The van der Waals surface area contributed by atoms with E-state index in [4.69, 9.17) is 0 Å². The van der Waals surface area contributed by atoms with Crippen molar-refractivity contribution in [3.63, 3.8) is 0 Å². The summed E-state index contributed by atoms with van der Waals surface area (Å²) in [6.45, 7) is 0. The highest BCUT2D eigenvalue weighted by Gasteiger charge is 2.31. The Morgan fingerprint density at radius 3 is 2.74 bits per heavy atom. The zero-order chi connectivity index (χ0) is 14.5. The molecule has 102 valence electrons. The van der Waals surface area contributed by atoms with Gasteiger partial charge in [0.15, 0.2) is 0 Å². The lowest BCUT2D eigenvalue weighted by atomic mass is 10.0. The number of nitrogens with one attached hydrogen (secondary N) is 1. The Labute approximate surface area is 113 Å². The van der Waals surface area contributed by atoms with Crippen molar-refractivity contribution in [2.45, 2.75) is 18.6 Å². The van der Waals surface area contributed by atoms with Gasteiger partial charge in [0, 0.05) is 7.05 Å². The van der Waals surface area contributed by atoms with E-state index in [2.05, 4.69) is 27.7 Å². The first-order valence-electron chi connectivity index (χ1n) is 5.33. The molecule has 1 N–H and O–H groups in total. The van der Waals surface area contributed by atoms with Crippen LogP contribution in [0.5, 0.6) is 0 Å². The Morgan fingerprint density at radius 2 is 2.21 bits per heavy atom. The summed E-state index contributed by atoms with van der Waals surface area (Å²) in [5.41, 5.74) is -0.512. The largest absolute Gasteiger partial charge is 0.416 e. The van der Waals surface area contributed by atoms with Crippen LogP contribution >= 0.6 is 12.2 Å². The number of carbonyl (C=O) groups is 1. The molecule has 0 aliphatic rings. The third kappa shape index (κ3) is 4.46. The molecule has 0 aromatic heterocycles. The second-order valence-electron chi connectivity index (χ2n) is 3.74. The average molecular weight is 288 g/mol. The number of hydrogen-bond acceptors (Lipinski definition) is 3. The quantitative estimate of drug-likeness (QED) is 0.683. The van der Waals surface area contributed by atoms with Crippen molar-refractivity contribution < 1.29 is 18.0 Å². The van der Waals surface area contributed by atoms with Crippen LogP contribution in [-0.4, -0.2) is 18.1 Å². The van der Waals surface area contributed by atoms with E-state index in [9.17, 15) is 18.0 Å². The van der Waals surface area contributed by atoms with Gasteiger partial charge in [-0.05, 0) is 29.9 Å². The molecule has 1 rings (SSSR count). The van der Waals surface area contributed by atoms with Gasteiger partial charge in [0.2, 0.25) is 5.91 Å². The molecule has 19 heavy (non-hydrogen) atoms. The van der Waals surface area contributed by atoms with E-state index in [0.29, 0.717) is 0 Å². The SMILES string of the molecule is CNC(=O)CC(N=C=S)c1cccc(C(F)(F)F)c1. The third-order valence-corrected chi connectivity index (χ3v) is 2.57. The second kappa shape index (κ2) is 6.45. The number of halogens is 3. The van der Waals surface area contributed by atoms with Crippen molar-refractivity contribution in [3.8, 4) is 0 Å². The van der Waals surface area contributed by atoms with Crippen molar-refractivity contribution in [1.29, 1.82) is 0 Å². The number of alkyl halides is 3. The van der Waals surface area contributed by atoms with Crippen LogP contribution in [0, 0.1) is 0 Å². The second-order valence-corrected chi connectivity index (χ2v) is 3.92. The average Bonchev–Trinajstić information content (AvgIpc) is 2.37. The maximum atomic E-state index is 12.6. The normalized spacial score (nSPS) is 12.4. The molecule has 7 heteroatoms. The Kier molecular flexibility index (Phi) is 5.20. The Hall–Kier alpha value is -1.72. The summed E-state index contributed by atoms with van der Waals surface area (Å²) in [5.74, 6) is -0.337. The molecule has 0 aliphatic carbocycles. The number of amides is 1. The fourth-order valence-electron chi connectivity index (χ4n) is 1.50. The topological polar surface area (TPSA) is 41.5 Å². The van der Waals surface area contributed by atoms with Crippen LogP contribution in [-0.2, 0) is 11.0 Å². The van der Waals surface area contributed by atoms with Gasteiger partial charge in [-0.3, -0.25) is 4.79 Å². The van der Waals surface area contributed by atoms with Crippen LogP contribution in [0.15, 0.2) is 29.3 Å². The first-order valence-corrected chi connectivity index (χ1v) is 5.74. The molecule has 0 bridgehead atoms. The van der Waals surface area contributed by atoms with Crippen molar-refractivity contribution >= 4 is 23.3 Å². The number of isothiocyanates is 1. The molecule has 0 spiro atoms. The predicted molar refractivity (Wildman–Crippen MR) is 67.9 cm³/mol. The van der Waals surface area contributed by atoms with Crippen LogP contribution < -0.4 is 5.32 Å². The number of carbonyl (C=O) groups excluding carboxylic acids is 1. The minimum Gasteiger partial charge on any atom is -0.359 e. The molecule has 1 aromatic rings. The zero-order valence-corrected chi connectivity index (χ0v) is 10.8. The van der Waals surface area contributed by atoms with Gasteiger partial charge in [-0.15, -0.1) is 0 Å². The number of hydrogen-bond donors (Lipinski definition) is 1. The van der Waals surface area contributed by atoms with Gasteiger partial charge in [-0.25, -0.2) is 4.99 Å². The molecule has 1 unspecified atom stereocenters. The number of rotatable bonds is 4. The molecule has 0 aliphatic heterocycles. The highest BCUT2D eigenvalue weighted by Crippen LogP contribution is 2.32. The summed E-state index contributed by atoms with van der Waals surface area (Å²) in [4.78, 5) is 15.0. The molecule has 0 saturated heterocycles. The lowest BCUT2D eigenvalue weighted by Crippen LogP contribution is -2.20. The van der Waals surface area contributed by atoms with Gasteiger partial charge in [0.25, 0.3) is 0 Å². The van der Waals surface area contributed by atoms with E-state index in [1.54, 1.807) is 0 Å². The van der Waals surface area contributed by atoms with Crippen LogP contribution in [0.1, 0.15) is 23.6 Å². The number of nitrogens with zero attached hydrogens (tertiary/aromatic N) is 1. The van der Waals surface area contributed by atoms with E-state index >= 15 is 0 Å². The monoisotopic (exact) mass is 288 g/mol. The van der Waals surface area contributed by atoms with Crippen LogP contribution in [0.25, 0.3) is 0 Å². The summed E-state index contributed by atoms with van der Waals surface area (Å²) >= 11 is 4.45. The molecule has 0 fully saturated rings. The van der Waals surface area contributed by atoms with E-state index < -0.39 is 17.8 Å². The fourth-order valence-corrected chi connectivity index (χ4v) is 1.63. The minimum atomic E-state index is -4.44. The predicted octanol–water partition coefficient (Wildman–Crippen LogP) is 2.99. The molecule has 1 amide bonds. The molecular weight excluding hydrogens is 277 g/mol. The van der Waals surface area contributed by atoms with Crippen LogP contribution in [0.4, 0.5) is 13.2 Å². The Balaban J connectivity index is 3.09. The maximum absolute atomic E-state index is 12.6. The molecule has 1 aromatic carbocycles. The smallest absolute Gasteiger partial charge is 0.359 e. The fraction of sp³-hybridized carbons (Fsp3) is 0.333. The molecule has 0 saturated carbocycles. The third-order valence-electron chi connectivity index (χ3n) is 2.46. The number of thiocarbonyl (C=S) groups is 1. The van der Waals surface area contributed by atoms with Gasteiger partial charge in [-0.1, -0.05) is 12.1 Å². The Bertz CT molecular complexity index is 510. The number of benzene rings is 1. The first kappa shape index (κ1) is 15.3. The maximum Gasteiger partial charge on any atom is 0.416 e. The minimum absolute atomic E-state index is 0.0819. The first-order chi connectivity index (χ1) is 8.88. The highest BCUT2D eigenvalue weighted by molar-refractivity contribution is 7.78. The van der Waals surface area contributed by atoms with Crippen molar-refractivity contribution in [1.82, 2.24) is 5.32 Å². The van der Waals surface area contributed by atoms with Crippen LogP contribution in [0.3, 0.4) is 0 Å². The van der Waals surface area contributed by atoms with E-state index in [1.807, 2.05) is 0 Å². The van der Waals surface area contributed by atoms with Gasteiger partial charge >= 0.3 is 6.18 Å². The molecule has 0 heterocycles. The molecular formula is C12H11F3N2OS. The van der Waals surface area contributed by atoms with E-state index in [1.165, 1.54) is 19.2 Å². The zero-order valence-electron chi connectivity index (χ0n) is 9.99. The molecule has 3 nitrogen and oxygen atoms in total. The van der Waals surface area contributed by atoms with Crippen molar-refractivity contribution in [3.05, 3.63) is 35.4 Å². The van der Waals surface area contributed by atoms with Crippen molar-refractivity contribution in [2.75, 3.05) is 7.05 Å². The molecule has 1 atom stereocenters.